The van der Waals surface area contributed by atoms with E-state index >= 15 is 0 Å². The molecule has 0 atom stereocenters. The molecule has 4 heteroatoms. The molecule has 0 bridgehead atoms. The summed E-state index contributed by atoms with van der Waals surface area (Å²) in [6, 6.07) is 0. The van der Waals surface area contributed by atoms with Crippen molar-refractivity contribution >= 4 is 29.9 Å². The van der Waals surface area contributed by atoms with Crippen LogP contribution < -0.4 is 0 Å². The average molecular weight is 285 g/mol. The van der Waals surface area contributed by atoms with Gasteiger partial charge in [0.1, 0.15) is 6.61 Å². The van der Waals surface area contributed by atoms with Crippen molar-refractivity contribution in [2.45, 2.75) is 6.92 Å². The van der Waals surface area contributed by atoms with Crippen LogP contribution in [-0.2, 0) is 9.53 Å². The van der Waals surface area contributed by atoms with E-state index in [9.17, 15) is 4.79 Å². The van der Waals surface area contributed by atoms with E-state index in [-0.39, 0.29) is 29.9 Å². The fourth-order valence-corrected chi connectivity index (χ4v) is 0.444. The highest BCUT2D eigenvalue weighted by atomic mass is 127. The predicted octanol–water partition coefficient (Wildman–Crippen LogP) is 1.29. The van der Waals surface area contributed by atoms with Crippen molar-refractivity contribution < 1.29 is 9.53 Å². The molecular formula is C8H16INO2. The van der Waals surface area contributed by atoms with E-state index < -0.39 is 0 Å². The van der Waals surface area contributed by atoms with Crippen molar-refractivity contribution in [3.05, 3.63) is 12.2 Å². The number of hydrogen-bond acceptors (Lipinski definition) is 3. The van der Waals surface area contributed by atoms with E-state index in [1.807, 2.05) is 19.0 Å². The molecule has 0 radical (unpaired) electrons. The number of hydrogen-bond donors (Lipinski definition) is 0. The van der Waals surface area contributed by atoms with Crippen LogP contribution in [0.15, 0.2) is 12.2 Å². The second-order valence-electron chi connectivity index (χ2n) is 2.72. The van der Waals surface area contributed by atoms with Crippen LogP contribution in [0.1, 0.15) is 6.92 Å². The third-order valence-corrected chi connectivity index (χ3v) is 1.12. The smallest absolute Gasteiger partial charge is 0.333 e. The lowest BCUT2D eigenvalue weighted by atomic mass is 10.4. The van der Waals surface area contributed by atoms with Crippen LogP contribution in [0.4, 0.5) is 0 Å². The van der Waals surface area contributed by atoms with Crippen LogP contribution in [0.25, 0.3) is 0 Å². The summed E-state index contributed by atoms with van der Waals surface area (Å²) in [7, 11) is 3.85. The number of carbonyl (C=O) groups is 1. The number of likely N-dealkylation sites (N-methyl/N-ethyl adjacent to an activating group) is 1. The van der Waals surface area contributed by atoms with Gasteiger partial charge in [-0.2, -0.15) is 0 Å². The zero-order valence-electron chi connectivity index (χ0n) is 7.79. The molecule has 0 aliphatic rings. The predicted molar refractivity (Wildman–Crippen MR) is 59.7 cm³/mol. The van der Waals surface area contributed by atoms with E-state index in [1.165, 1.54) is 0 Å². The maximum Gasteiger partial charge on any atom is 0.333 e. The van der Waals surface area contributed by atoms with Gasteiger partial charge in [-0.25, -0.2) is 4.79 Å². The van der Waals surface area contributed by atoms with Crippen molar-refractivity contribution in [2.75, 3.05) is 27.2 Å². The first-order chi connectivity index (χ1) is 5.04. The number of nitrogens with zero attached hydrogens (tertiary/aromatic N) is 1. The Morgan fingerprint density at radius 3 is 2.33 bits per heavy atom. The standard InChI is InChI=1S/C8H15NO2.HI/c1-7(2)8(10)11-6-5-9(3)4;/h1,5-6H2,2-4H3;1H. The minimum atomic E-state index is -0.313. The topological polar surface area (TPSA) is 29.5 Å². The Balaban J connectivity index is 0. The summed E-state index contributed by atoms with van der Waals surface area (Å²) in [5.41, 5.74) is 0.448. The summed E-state index contributed by atoms with van der Waals surface area (Å²) in [5.74, 6) is -0.313. The van der Waals surface area contributed by atoms with Gasteiger partial charge in [0.25, 0.3) is 0 Å². The molecule has 0 saturated heterocycles. The summed E-state index contributed by atoms with van der Waals surface area (Å²) >= 11 is 0. The Labute approximate surface area is 90.8 Å². The second-order valence-corrected chi connectivity index (χ2v) is 2.72. The molecule has 0 rings (SSSR count). The number of esters is 1. The fourth-order valence-electron chi connectivity index (χ4n) is 0.444. The second kappa shape index (κ2) is 7.54. The molecular weight excluding hydrogens is 269 g/mol. The van der Waals surface area contributed by atoms with Gasteiger partial charge in [0.15, 0.2) is 0 Å². The lowest BCUT2D eigenvalue weighted by Crippen LogP contribution is -2.20. The molecule has 72 valence electrons. The third-order valence-electron chi connectivity index (χ3n) is 1.12. The molecule has 0 aromatic rings. The fraction of sp³-hybridized carbons (Fsp3) is 0.625. The molecule has 0 aromatic heterocycles. The van der Waals surface area contributed by atoms with Crippen molar-refractivity contribution in [3.63, 3.8) is 0 Å². The number of halogens is 1. The van der Waals surface area contributed by atoms with Crippen LogP contribution >= 0.6 is 24.0 Å². The molecule has 0 fully saturated rings. The quantitative estimate of drug-likeness (QED) is 0.443. The van der Waals surface area contributed by atoms with Crippen LogP contribution in [0, 0.1) is 0 Å². The maximum atomic E-state index is 10.8. The highest BCUT2D eigenvalue weighted by Gasteiger charge is 2.01. The van der Waals surface area contributed by atoms with Gasteiger partial charge in [-0.05, 0) is 21.0 Å². The first-order valence-corrected chi connectivity index (χ1v) is 3.51. The van der Waals surface area contributed by atoms with E-state index in [4.69, 9.17) is 4.74 Å². The molecule has 0 aromatic carbocycles. The normalized spacial score (nSPS) is 9.00. The molecule has 0 heterocycles. The lowest BCUT2D eigenvalue weighted by molar-refractivity contribution is -0.139. The zero-order valence-corrected chi connectivity index (χ0v) is 10.1. The molecule has 0 saturated carbocycles. The Hall–Kier alpha value is -0.100. The third kappa shape index (κ3) is 8.00. The van der Waals surface area contributed by atoms with E-state index in [1.54, 1.807) is 6.92 Å². The molecule has 0 unspecified atom stereocenters. The van der Waals surface area contributed by atoms with Crippen molar-refractivity contribution in [1.82, 2.24) is 4.90 Å². The monoisotopic (exact) mass is 285 g/mol. The van der Waals surface area contributed by atoms with E-state index in [2.05, 4.69) is 6.58 Å². The van der Waals surface area contributed by atoms with Crippen molar-refractivity contribution in [1.29, 1.82) is 0 Å². The van der Waals surface area contributed by atoms with Gasteiger partial charge in [0.2, 0.25) is 0 Å². The number of carbonyl (C=O) groups excluding carboxylic acids is 1. The van der Waals surface area contributed by atoms with Crippen LogP contribution in [-0.4, -0.2) is 38.1 Å². The minimum absolute atomic E-state index is 0. The number of rotatable bonds is 4. The Morgan fingerprint density at radius 1 is 1.50 bits per heavy atom. The molecule has 0 N–H and O–H groups in total. The lowest BCUT2D eigenvalue weighted by Gasteiger charge is -2.09. The summed E-state index contributed by atoms with van der Waals surface area (Å²) < 4.78 is 4.83. The van der Waals surface area contributed by atoms with Gasteiger partial charge >= 0.3 is 5.97 Å². The van der Waals surface area contributed by atoms with Crippen LogP contribution in [0.3, 0.4) is 0 Å². The van der Waals surface area contributed by atoms with Gasteiger partial charge in [-0.1, -0.05) is 6.58 Å². The zero-order chi connectivity index (χ0) is 8.85. The Morgan fingerprint density at radius 2 is 2.00 bits per heavy atom. The molecule has 3 nitrogen and oxygen atoms in total. The van der Waals surface area contributed by atoms with Gasteiger partial charge in [-0.15, -0.1) is 24.0 Å². The van der Waals surface area contributed by atoms with Crippen molar-refractivity contribution in [3.8, 4) is 0 Å². The SMILES string of the molecule is C=C(C)C(=O)OCCN(C)C.I. The maximum absolute atomic E-state index is 10.8. The molecule has 0 amide bonds. The summed E-state index contributed by atoms with van der Waals surface area (Å²) in [5, 5.41) is 0. The van der Waals surface area contributed by atoms with Gasteiger partial charge in [-0.3, -0.25) is 0 Å². The summed E-state index contributed by atoms with van der Waals surface area (Å²) in [6.45, 7) is 6.28. The first kappa shape index (κ1) is 14.4. The molecule has 12 heavy (non-hydrogen) atoms. The van der Waals surface area contributed by atoms with Crippen molar-refractivity contribution in [2.24, 2.45) is 0 Å². The van der Waals surface area contributed by atoms with E-state index in [0.717, 1.165) is 6.54 Å². The Kier molecular flexibility index (Phi) is 9.07. The van der Waals surface area contributed by atoms with Gasteiger partial charge in [0.05, 0.1) is 0 Å². The molecule has 0 aliphatic carbocycles. The van der Waals surface area contributed by atoms with Crippen LogP contribution in [0.2, 0.25) is 0 Å². The summed E-state index contributed by atoms with van der Waals surface area (Å²) in [4.78, 5) is 12.7. The largest absolute Gasteiger partial charge is 0.461 e. The summed E-state index contributed by atoms with van der Waals surface area (Å²) in [6.07, 6.45) is 0. The van der Waals surface area contributed by atoms with Crippen LogP contribution in [0.5, 0.6) is 0 Å². The molecule has 0 spiro atoms. The highest BCUT2D eigenvalue weighted by Crippen LogP contribution is 1.91. The highest BCUT2D eigenvalue weighted by molar-refractivity contribution is 14.0. The first-order valence-electron chi connectivity index (χ1n) is 3.51. The van der Waals surface area contributed by atoms with Gasteiger partial charge in [0, 0.05) is 12.1 Å². The van der Waals surface area contributed by atoms with Gasteiger partial charge < -0.3 is 9.64 Å². The minimum Gasteiger partial charge on any atom is -0.461 e. The average Bonchev–Trinajstić information content (AvgIpc) is 1.86. The molecule has 0 aliphatic heterocycles. The van der Waals surface area contributed by atoms with E-state index in [0.29, 0.717) is 12.2 Å². The Bertz CT molecular complexity index is 157. The number of ether oxygens (including phenoxy) is 1.